The summed E-state index contributed by atoms with van der Waals surface area (Å²) >= 11 is 0. The molecule has 0 amide bonds. The molecule has 2 heterocycles. The summed E-state index contributed by atoms with van der Waals surface area (Å²) in [6.07, 6.45) is 1.86. The van der Waals surface area contributed by atoms with Crippen LogP contribution >= 0.6 is 0 Å². The van der Waals surface area contributed by atoms with Crippen LogP contribution in [-0.4, -0.2) is 14.9 Å². The molecule has 0 aliphatic rings. The Bertz CT molecular complexity index is 433. The molecule has 2 aromatic heterocycles. The number of hydrogen-bond donors (Lipinski definition) is 2. The van der Waals surface area contributed by atoms with Crippen molar-refractivity contribution in [1.82, 2.24) is 9.78 Å². The first kappa shape index (κ1) is 9.79. The Balaban J connectivity index is 1.93. The number of aliphatic hydroxyl groups excluding tert-OH is 1. The van der Waals surface area contributed by atoms with Crippen LogP contribution in [-0.2, 0) is 20.2 Å². The van der Waals surface area contributed by atoms with Crippen LogP contribution in [0.1, 0.15) is 11.5 Å². The van der Waals surface area contributed by atoms with E-state index in [-0.39, 0.29) is 6.61 Å². The van der Waals surface area contributed by atoms with Gasteiger partial charge >= 0.3 is 0 Å². The van der Waals surface area contributed by atoms with E-state index in [1.807, 2.05) is 25.4 Å². The van der Waals surface area contributed by atoms with E-state index in [0.717, 1.165) is 11.6 Å². The number of aliphatic hydroxyl groups is 1. The lowest BCUT2D eigenvalue weighted by Gasteiger charge is -1.99. The monoisotopic (exact) mass is 207 g/mol. The van der Waals surface area contributed by atoms with Crippen molar-refractivity contribution in [3.63, 3.8) is 0 Å². The maximum atomic E-state index is 8.81. The molecule has 0 spiro atoms. The molecule has 0 unspecified atom stereocenters. The fourth-order valence-corrected chi connectivity index (χ4v) is 1.29. The molecule has 5 heteroatoms. The van der Waals surface area contributed by atoms with Gasteiger partial charge in [0.15, 0.2) is 0 Å². The molecule has 0 aliphatic carbocycles. The van der Waals surface area contributed by atoms with Crippen molar-refractivity contribution in [3.8, 4) is 0 Å². The van der Waals surface area contributed by atoms with Crippen LogP contribution in [0.15, 0.2) is 28.8 Å². The maximum Gasteiger partial charge on any atom is 0.148 e. The van der Waals surface area contributed by atoms with E-state index in [0.29, 0.717) is 12.3 Å². The van der Waals surface area contributed by atoms with Crippen LogP contribution in [0.4, 0.5) is 5.82 Å². The van der Waals surface area contributed by atoms with Crippen molar-refractivity contribution in [1.29, 1.82) is 0 Å². The quantitative estimate of drug-likeness (QED) is 0.788. The number of nitrogens with zero attached hydrogens (tertiary/aromatic N) is 2. The predicted octanol–water partition coefficient (Wildman–Crippen LogP) is 1.12. The Hall–Kier alpha value is -1.75. The Morgan fingerprint density at radius 3 is 2.80 bits per heavy atom. The molecule has 2 N–H and O–H groups in total. The zero-order valence-electron chi connectivity index (χ0n) is 8.47. The van der Waals surface area contributed by atoms with Gasteiger partial charge in [-0.05, 0) is 12.1 Å². The van der Waals surface area contributed by atoms with Gasteiger partial charge in [0.1, 0.15) is 23.9 Å². The average Bonchev–Trinajstić information content (AvgIpc) is 2.83. The van der Waals surface area contributed by atoms with Gasteiger partial charge in [-0.1, -0.05) is 0 Å². The van der Waals surface area contributed by atoms with Gasteiger partial charge in [-0.15, -0.1) is 0 Å². The number of anilines is 1. The summed E-state index contributed by atoms with van der Waals surface area (Å²) in [5.41, 5.74) is 0. The Labute approximate surface area is 87.3 Å². The lowest BCUT2D eigenvalue weighted by Crippen LogP contribution is -1.99. The summed E-state index contributed by atoms with van der Waals surface area (Å²) < 4.78 is 7.04. The Morgan fingerprint density at radius 2 is 2.20 bits per heavy atom. The molecule has 0 aromatic carbocycles. The SMILES string of the molecule is Cn1ccc(NCc2ccc(CO)o2)n1. The second-order valence-electron chi connectivity index (χ2n) is 3.25. The Morgan fingerprint density at radius 1 is 1.40 bits per heavy atom. The van der Waals surface area contributed by atoms with Crippen molar-refractivity contribution in [2.45, 2.75) is 13.2 Å². The minimum absolute atomic E-state index is 0.0659. The van der Waals surface area contributed by atoms with Gasteiger partial charge in [-0.3, -0.25) is 4.68 Å². The maximum absolute atomic E-state index is 8.81. The molecule has 15 heavy (non-hydrogen) atoms. The van der Waals surface area contributed by atoms with Crippen molar-refractivity contribution in [2.24, 2.45) is 7.05 Å². The van der Waals surface area contributed by atoms with E-state index in [1.165, 1.54) is 0 Å². The predicted molar refractivity (Wildman–Crippen MR) is 55.2 cm³/mol. The normalized spacial score (nSPS) is 10.5. The highest BCUT2D eigenvalue weighted by Gasteiger charge is 2.01. The molecule has 80 valence electrons. The van der Waals surface area contributed by atoms with Gasteiger partial charge in [0.25, 0.3) is 0 Å². The number of aryl methyl sites for hydroxylation is 1. The van der Waals surface area contributed by atoms with Crippen molar-refractivity contribution in [2.75, 3.05) is 5.32 Å². The van der Waals surface area contributed by atoms with Crippen LogP contribution in [0.2, 0.25) is 0 Å². The smallest absolute Gasteiger partial charge is 0.148 e. The lowest BCUT2D eigenvalue weighted by molar-refractivity contribution is 0.244. The van der Waals surface area contributed by atoms with E-state index >= 15 is 0 Å². The molecule has 0 radical (unpaired) electrons. The second kappa shape index (κ2) is 4.18. The van der Waals surface area contributed by atoms with E-state index in [2.05, 4.69) is 10.4 Å². The second-order valence-corrected chi connectivity index (χ2v) is 3.25. The van der Waals surface area contributed by atoms with Gasteiger partial charge in [0.2, 0.25) is 0 Å². The fraction of sp³-hybridized carbons (Fsp3) is 0.300. The van der Waals surface area contributed by atoms with Gasteiger partial charge in [-0.2, -0.15) is 5.10 Å². The van der Waals surface area contributed by atoms with E-state index in [4.69, 9.17) is 9.52 Å². The third-order valence-corrected chi connectivity index (χ3v) is 2.03. The van der Waals surface area contributed by atoms with Crippen molar-refractivity contribution < 1.29 is 9.52 Å². The Kier molecular flexibility index (Phi) is 2.73. The van der Waals surface area contributed by atoms with Crippen molar-refractivity contribution >= 4 is 5.82 Å². The number of furan rings is 1. The minimum atomic E-state index is -0.0659. The molecule has 2 rings (SSSR count). The summed E-state index contributed by atoms with van der Waals surface area (Å²) in [4.78, 5) is 0. The molecule has 0 bridgehead atoms. The highest BCUT2D eigenvalue weighted by molar-refractivity contribution is 5.32. The zero-order chi connectivity index (χ0) is 10.7. The lowest BCUT2D eigenvalue weighted by atomic mass is 10.4. The van der Waals surface area contributed by atoms with Crippen LogP contribution in [0.3, 0.4) is 0 Å². The van der Waals surface area contributed by atoms with Gasteiger partial charge in [0.05, 0.1) is 6.54 Å². The van der Waals surface area contributed by atoms with Crippen molar-refractivity contribution in [3.05, 3.63) is 35.9 Å². The van der Waals surface area contributed by atoms with Crippen LogP contribution in [0.25, 0.3) is 0 Å². The molecular weight excluding hydrogens is 194 g/mol. The summed E-state index contributed by atoms with van der Waals surface area (Å²) in [5.74, 6) is 2.16. The largest absolute Gasteiger partial charge is 0.462 e. The standard InChI is InChI=1S/C10H13N3O2/c1-13-5-4-10(12-13)11-6-8-2-3-9(7-14)15-8/h2-5,14H,6-7H2,1H3,(H,11,12). The van der Waals surface area contributed by atoms with Gasteiger partial charge < -0.3 is 14.8 Å². The molecule has 0 atom stereocenters. The first-order chi connectivity index (χ1) is 7.28. The van der Waals surface area contributed by atoms with Crippen LogP contribution < -0.4 is 5.32 Å². The summed E-state index contributed by atoms with van der Waals surface area (Å²) in [6.45, 7) is 0.501. The first-order valence-corrected chi connectivity index (χ1v) is 4.70. The highest BCUT2D eigenvalue weighted by Crippen LogP contribution is 2.10. The highest BCUT2D eigenvalue weighted by atomic mass is 16.4. The topological polar surface area (TPSA) is 63.2 Å². The van der Waals surface area contributed by atoms with E-state index < -0.39 is 0 Å². The number of aromatic nitrogens is 2. The third-order valence-electron chi connectivity index (χ3n) is 2.03. The molecule has 0 saturated carbocycles. The third kappa shape index (κ3) is 2.38. The molecule has 0 aliphatic heterocycles. The molecule has 0 saturated heterocycles. The fourth-order valence-electron chi connectivity index (χ4n) is 1.29. The first-order valence-electron chi connectivity index (χ1n) is 4.70. The van der Waals surface area contributed by atoms with Crippen LogP contribution in [0, 0.1) is 0 Å². The number of hydrogen-bond acceptors (Lipinski definition) is 4. The van der Waals surface area contributed by atoms with E-state index in [9.17, 15) is 0 Å². The zero-order valence-corrected chi connectivity index (χ0v) is 8.47. The van der Waals surface area contributed by atoms with Crippen LogP contribution in [0.5, 0.6) is 0 Å². The molecular formula is C10H13N3O2. The summed E-state index contributed by atoms with van der Waals surface area (Å²) in [7, 11) is 1.86. The summed E-state index contributed by atoms with van der Waals surface area (Å²) in [6, 6.07) is 5.48. The van der Waals surface area contributed by atoms with Gasteiger partial charge in [-0.25, -0.2) is 0 Å². The minimum Gasteiger partial charge on any atom is -0.462 e. The molecule has 0 fully saturated rings. The molecule has 5 nitrogen and oxygen atoms in total. The number of nitrogens with one attached hydrogen (secondary N) is 1. The number of rotatable bonds is 4. The average molecular weight is 207 g/mol. The van der Waals surface area contributed by atoms with Gasteiger partial charge in [0, 0.05) is 19.3 Å². The molecule has 2 aromatic rings. The van der Waals surface area contributed by atoms with E-state index in [1.54, 1.807) is 10.7 Å². The summed E-state index contributed by atoms with van der Waals surface area (Å²) in [5, 5.41) is 16.1.